The number of ether oxygens (including phenoxy) is 1. The Morgan fingerprint density at radius 3 is 2.64 bits per heavy atom. The van der Waals surface area contributed by atoms with Crippen LogP contribution in [0.25, 0.3) is 11.3 Å². The fourth-order valence-electron chi connectivity index (χ4n) is 2.92. The number of aromatic nitrogens is 3. The van der Waals surface area contributed by atoms with Crippen LogP contribution in [-0.4, -0.2) is 38.0 Å². The summed E-state index contributed by atoms with van der Waals surface area (Å²) in [4.78, 5) is 23.4. The first-order chi connectivity index (χ1) is 13.5. The number of amides is 1. The van der Waals surface area contributed by atoms with Crippen molar-refractivity contribution in [3.05, 3.63) is 66.4 Å². The average Bonchev–Trinajstić information content (AvgIpc) is 3.10. The van der Waals surface area contributed by atoms with Gasteiger partial charge in [-0.3, -0.25) is 9.78 Å². The van der Waals surface area contributed by atoms with E-state index in [1.165, 1.54) is 0 Å². The van der Waals surface area contributed by atoms with E-state index >= 15 is 0 Å². The molecule has 0 saturated heterocycles. The van der Waals surface area contributed by atoms with Gasteiger partial charge in [0.25, 0.3) is 5.91 Å². The number of aryl methyl sites for hydroxylation is 1. The van der Waals surface area contributed by atoms with Gasteiger partial charge in [-0.15, -0.1) is 0 Å². The molecular formula is C22H26N4O2. The van der Waals surface area contributed by atoms with E-state index in [4.69, 9.17) is 4.74 Å². The van der Waals surface area contributed by atoms with Crippen LogP contribution in [0.2, 0.25) is 0 Å². The molecule has 0 fully saturated rings. The highest BCUT2D eigenvalue weighted by molar-refractivity contribution is 5.94. The first-order valence-corrected chi connectivity index (χ1v) is 9.46. The molecule has 0 unspecified atom stereocenters. The number of pyridine rings is 1. The van der Waals surface area contributed by atoms with Crippen molar-refractivity contribution < 1.29 is 9.53 Å². The topological polar surface area (TPSA) is 60.2 Å². The Kier molecular flexibility index (Phi) is 6.09. The Morgan fingerprint density at radius 1 is 1.21 bits per heavy atom. The fraction of sp³-hybridized carbons (Fsp3) is 0.318. The van der Waals surface area contributed by atoms with Gasteiger partial charge in [-0.2, -0.15) is 0 Å². The maximum absolute atomic E-state index is 12.9. The van der Waals surface area contributed by atoms with Crippen LogP contribution in [0.4, 0.5) is 0 Å². The first-order valence-electron chi connectivity index (χ1n) is 9.46. The summed E-state index contributed by atoms with van der Waals surface area (Å²) < 4.78 is 7.67. The second-order valence-corrected chi connectivity index (χ2v) is 6.90. The zero-order valence-corrected chi connectivity index (χ0v) is 16.8. The highest BCUT2D eigenvalue weighted by Crippen LogP contribution is 2.23. The van der Waals surface area contributed by atoms with Crippen molar-refractivity contribution >= 4 is 5.91 Å². The number of carbonyl (C=O) groups excluding carboxylic acids is 1. The quantitative estimate of drug-likeness (QED) is 0.625. The van der Waals surface area contributed by atoms with Crippen LogP contribution in [0.5, 0.6) is 5.75 Å². The molecule has 3 aromatic rings. The predicted octanol–water partition coefficient (Wildman–Crippen LogP) is 3.93. The highest BCUT2D eigenvalue weighted by atomic mass is 16.5. The Labute approximate surface area is 165 Å². The molecule has 2 aromatic heterocycles. The van der Waals surface area contributed by atoms with Crippen LogP contribution in [0.1, 0.15) is 37.0 Å². The Bertz CT molecular complexity index is 932. The summed E-state index contributed by atoms with van der Waals surface area (Å²) in [6.45, 7) is 7.02. The SMILES string of the molecule is CCN(Cc1nccn1C)C(=O)c1ccc(-c2cccc(OC(C)C)c2)nc1. The smallest absolute Gasteiger partial charge is 0.255 e. The van der Waals surface area contributed by atoms with Crippen molar-refractivity contribution in [1.29, 1.82) is 0 Å². The van der Waals surface area contributed by atoms with Gasteiger partial charge >= 0.3 is 0 Å². The normalized spacial score (nSPS) is 10.9. The van der Waals surface area contributed by atoms with Crippen molar-refractivity contribution in [3.8, 4) is 17.0 Å². The summed E-state index contributed by atoms with van der Waals surface area (Å²) in [7, 11) is 1.92. The molecular weight excluding hydrogens is 352 g/mol. The second-order valence-electron chi connectivity index (χ2n) is 6.90. The second kappa shape index (κ2) is 8.69. The molecule has 146 valence electrons. The predicted molar refractivity (Wildman–Crippen MR) is 109 cm³/mol. The van der Waals surface area contributed by atoms with E-state index in [1.54, 1.807) is 17.3 Å². The number of benzene rings is 1. The van der Waals surface area contributed by atoms with Gasteiger partial charge in [0.2, 0.25) is 0 Å². The number of rotatable bonds is 7. The monoisotopic (exact) mass is 378 g/mol. The molecule has 0 N–H and O–H groups in total. The van der Waals surface area contributed by atoms with Gasteiger partial charge in [0.1, 0.15) is 11.6 Å². The van der Waals surface area contributed by atoms with Crippen LogP contribution in [0.3, 0.4) is 0 Å². The first kappa shape index (κ1) is 19.6. The summed E-state index contributed by atoms with van der Waals surface area (Å²) >= 11 is 0. The Balaban J connectivity index is 1.76. The van der Waals surface area contributed by atoms with Crippen LogP contribution in [0, 0.1) is 0 Å². The lowest BCUT2D eigenvalue weighted by Crippen LogP contribution is -2.31. The molecule has 0 bridgehead atoms. The van der Waals surface area contributed by atoms with E-state index in [0.717, 1.165) is 22.8 Å². The summed E-state index contributed by atoms with van der Waals surface area (Å²) in [5, 5.41) is 0. The van der Waals surface area contributed by atoms with Crippen molar-refractivity contribution in [2.45, 2.75) is 33.4 Å². The lowest BCUT2D eigenvalue weighted by Gasteiger charge is -2.20. The third kappa shape index (κ3) is 4.57. The Morgan fingerprint density at radius 2 is 2.04 bits per heavy atom. The minimum Gasteiger partial charge on any atom is -0.491 e. The molecule has 28 heavy (non-hydrogen) atoms. The molecule has 0 spiro atoms. The van der Waals surface area contributed by atoms with Crippen LogP contribution >= 0.6 is 0 Å². The maximum atomic E-state index is 12.9. The summed E-state index contributed by atoms with van der Waals surface area (Å²) in [5.41, 5.74) is 2.32. The van der Waals surface area contributed by atoms with Crippen molar-refractivity contribution in [2.24, 2.45) is 7.05 Å². The van der Waals surface area contributed by atoms with Gasteiger partial charge in [-0.1, -0.05) is 12.1 Å². The van der Waals surface area contributed by atoms with Crippen LogP contribution < -0.4 is 4.74 Å². The maximum Gasteiger partial charge on any atom is 0.255 e. The summed E-state index contributed by atoms with van der Waals surface area (Å²) in [6, 6.07) is 11.5. The molecule has 0 aliphatic rings. The lowest BCUT2D eigenvalue weighted by molar-refractivity contribution is 0.0747. The molecule has 3 rings (SSSR count). The summed E-state index contributed by atoms with van der Waals surface area (Å²) in [6.07, 6.45) is 5.36. The van der Waals surface area contributed by atoms with E-state index in [-0.39, 0.29) is 12.0 Å². The van der Waals surface area contributed by atoms with E-state index < -0.39 is 0 Å². The number of carbonyl (C=O) groups is 1. The van der Waals surface area contributed by atoms with Gasteiger partial charge in [-0.05, 0) is 45.0 Å². The molecule has 6 nitrogen and oxygen atoms in total. The number of hydrogen-bond donors (Lipinski definition) is 0. The number of nitrogens with zero attached hydrogens (tertiary/aromatic N) is 4. The van der Waals surface area contributed by atoms with Gasteiger partial charge in [-0.25, -0.2) is 4.98 Å². The molecule has 0 saturated carbocycles. The minimum absolute atomic E-state index is 0.0542. The number of hydrogen-bond acceptors (Lipinski definition) is 4. The molecule has 6 heteroatoms. The third-order valence-corrected chi connectivity index (χ3v) is 4.43. The van der Waals surface area contributed by atoms with Crippen molar-refractivity contribution in [3.63, 3.8) is 0 Å². The third-order valence-electron chi connectivity index (χ3n) is 4.43. The highest BCUT2D eigenvalue weighted by Gasteiger charge is 2.17. The van der Waals surface area contributed by atoms with E-state index in [9.17, 15) is 4.79 Å². The van der Waals surface area contributed by atoms with Crippen molar-refractivity contribution in [1.82, 2.24) is 19.4 Å². The van der Waals surface area contributed by atoms with Gasteiger partial charge < -0.3 is 14.2 Å². The molecule has 0 atom stereocenters. The molecule has 0 aliphatic heterocycles. The van der Waals surface area contributed by atoms with Crippen molar-refractivity contribution in [2.75, 3.05) is 6.54 Å². The van der Waals surface area contributed by atoms with E-state index in [0.29, 0.717) is 18.7 Å². The molecule has 0 radical (unpaired) electrons. The molecule has 0 aliphatic carbocycles. The van der Waals surface area contributed by atoms with E-state index in [2.05, 4.69) is 9.97 Å². The van der Waals surface area contributed by atoms with Crippen LogP contribution in [0.15, 0.2) is 55.0 Å². The van der Waals surface area contributed by atoms with Gasteiger partial charge in [0.05, 0.1) is 23.9 Å². The number of imidazole rings is 1. The standard InChI is InChI=1S/C22H26N4O2/c1-5-26(15-21-23-11-12-25(21)4)22(27)18-9-10-20(24-14-18)17-7-6-8-19(13-17)28-16(2)3/h6-14,16H,5,15H2,1-4H3. The summed E-state index contributed by atoms with van der Waals surface area (Å²) in [5.74, 6) is 1.60. The minimum atomic E-state index is -0.0542. The van der Waals surface area contributed by atoms with Crippen LogP contribution in [-0.2, 0) is 13.6 Å². The largest absolute Gasteiger partial charge is 0.491 e. The van der Waals surface area contributed by atoms with Gasteiger partial charge in [0, 0.05) is 37.7 Å². The molecule has 2 heterocycles. The molecule has 1 aromatic carbocycles. The zero-order valence-electron chi connectivity index (χ0n) is 16.8. The average molecular weight is 378 g/mol. The van der Waals surface area contributed by atoms with Gasteiger partial charge in [0.15, 0.2) is 0 Å². The molecule has 1 amide bonds. The lowest BCUT2D eigenvalue weighted by atomic mass is 10.1. The zero-order chi connectivity index (χ0) is 20.1. The Hall–Kier alpha value is -3.15. The fourth-order valence-corrected chi connectivity index (χ4v) is 2.92. The van der Waals surface area contributed by atoms with E-state index in [1.807, 2.05) is 75.0 Å².